The van der Waals surface area contributed by atoms with E-state index >= 15 is 0 Å². The molecule has 5 aromatic carbocycles. The van der Waals surface area contributed by atoms with Gasteiger partial charge in [-0.1, -0.05) is 244 Å². The van der Waals surface area contributed by atoms with Crippen molar-refractivity contribution in [1.82, 2.24) is 43.0 Å². The second-order valence-electron chi connectivity index (χ2n) is 47.9. The van der Waals surface area contributed by atoms with E-state index in [9.17, 15) is 9.59 Å². The number of fused-ring (bicyclic) bond motifs is 6. The molecular formula is C108H165N11O10Si6. The molecule has 736 valence electrons. The molecule has 0 fully saturated rings. The van der Waals surface area contributed by atoms with Gasteiger partial charge in [0.05, 0.1) is 40.1 Å². The second kappa shape index (κ2) is 45.5. The minimum Gasteiger partial charge on any atom is -0.461 e. The van der Waals surface area contributed by atoms with Crippen LogP contribution >= 0.6 is 0 Å². The number of esters is 1. The number of rotatable bonds is 43. The number of hydrogen-bond acceptors (Lipinski definition) is 14. The Morgan fingerprint density at radius 3 is 1.05 bits per heavy atom. The fourth-order valence-electron chi connectivity index (χ4n) is 17.7. The molecule has 0 saturated carbocycles. The standard InChI is InChI=1S/C39H58N4O4Si2.C38H55N3O4Si2.C31H52N4O2Si2/c1-10-41(38(44)47-27-30-14-12-11-13-15-30)32-17-16-31-24-35(42(34(31)25-32)28-45-20-22-48(4,5)6)37-33-18-19-39(2,3)26-36(33)43(40-37)29-46-21-23-49(7,8)9;1-38(2)17-16-32-35(25-38)41(28-44-19-21-47(6,7)8)39-37(32)34-24-31-15-14-30(23-36(42)45-26-29-12-10-9-11-13-29)22-33(31)40(34)27-43-18-20-46(3,4)5;1-10-32-25-12-11-24-19-28(34(27(24)20-25)22-36-15-17-38(4,5)6)30-26-13-14-31(2,3)21-29(26)35(33-30)23-37-16-18-39(7,8)9/h11-17,24-25H,10,18-23,26-29H2,1-9H3;9-15,22,24H,16-21,23,25-28H2,1-8H3;11-12,19-20,32H,10,13-18,21-23H2,1-9H3. The summed E-state index contributed by atoms with van der Waals surface area (Å²) in [6.07, 6.45) is 9.27. The summed E-state index contributed by atoms with van der Waals surface area (Å²) in [6.45, 7) is 70.6. The molecule has 27 heteroatoms. The first-order chi connectivity index (χ1) is 63.6. The van der Waals surface area contributed by atoms with Crippen LogP contribution in [0.1, 0.15) is 125 Å². The topological polar surface area (TPSA) is 192 Å². The Balaban J connectivity index is 0.000000183. The zero-order valence-corrected chi connectivity index (χ0v) is 93.4. The molecule has 0 aliphatic heterocycles. The third-order valence-corrected chi connectivity index (χ3v) is 36.6. The summed E-state index contributed by atoms with van der Waals surface area (Å²) in [4.78, 5) is 27.9. The summed E-state index contributed by atoms with van der Waals surface area (Å²) in [6, 6.07) is 52.4. The Morgan fingerprint density at radius 2 is 0.704 bits per heavy atom. The first-order valence-corrected chi connectivity index (χ1v) is 72.4. The van der Waals surface area contributed by atoms with E-state index in [0.29, 0.717) is 53.5 Å². The first kappa shape index (κ1) is 106. The molecule has 3 aliphatic rings. The van der Waals surface area contributed by atoms with E-state index in [4.69, 9.17) is 53.2 Å². The third-order valence-electron chi connectivity index (χ3n) is 26.4. The van der Waals surface area contributed by atoms with Crippen LogP contribution in [0.5, 0.6) is 0 Å². The smallest absolute Gasteiger partial charge is 0.414 e. The highest BCUT2D eigenvalue weighted by molar-refractivity contribution is 6.78. The van der Waals surface area contributed by atoms with Crippen LogP contribution in [0.3, 0.4) is 0 Å². The van der Waals surface area contributed by atoms with Gasteiger partial charge in [-0.25, -0.2) is 18.8 Å². The van der Waals surface area contributed by atoms with E-state index < -0.39 is 48.4 Å². The summed E-state index contributed by atoms with van der Waals surface area (Å²) >= 11 is 0. The van der Waals surface area contributed by atoms with Gasteiger partial charge in [0.2, 0.25) is 0 Å². The summed E-state index contributed by atoms with van der Waals surface area (Å²) in [5.74, 6) is -0.234. The first-order valence-electron chi connectivity index (χ1n) is 50.1. The Labute approximate surface area is 814 Å². The number of carbonyl (C=O) groups is 2. The predicted molar refractivity (Wildman–Crippen MR) is 575 cm³/mol. The van der Waals surface area contributed by atoms with Crippen LogP contribution in [-0.4, -0.2) is 156 Å². The minimum absolute atomic E-state index is 0.209. The van der Waals surface area contributed by atoms with Gasteiger partial charge in [-0.2, -0.15) is 15.3 Å². The summed E-state index contributed by atoms with van der Waals surface area (Å²) in [5, 5.41) is 22.7. The van der Waals surface area contributed by atoms with Crippen molar-refractivity contribution in [3.05, 3.63) is 184 Å². The van der Waals surface area contributed by atoms with E-state index in [1.54, 1.807) is 4.90 Å². The molecule has 1 N–H and O–H groups in total. The number of nitrogens with zero attached hydrogens (tertiary/aromatic N) is 10. The maximum Gasteiger partial charge on any atom is 0.414 e. The zero-order valence-electron chi connectivity index (χ0n) is 87.4. The van der Waals surface area contributed by atoms with Crippen molar-refractivity contribution in [1.29, 1.82) is 0 Å². The monoisotopic (exact) mass is 1940 g/mol. The molecule has 0 bridgehead atoms. The van der Waals surface area contributed by atoms with Crippen molar-refractivity contribution in [2.75, 3.05) is 62.9 Å². The molecular weight excluding hydrogens is 1780 g/mol. The van der Waals surface area contributed by atoms with Crippen molar-refractivity contribution in [2.24, 2.45) is 16.2 Å². The fraction of sp³-hybridized carbons (Fsp3) is 0.565. The summed E-state index contributed by atoms with van der Waals surface area (Å²) in [5.41, 5.74) is 23.1. The number of ether oxygens (including phenoxy) is 8. The predicted octanol–water partition coefficient (Wildman–Crippen LogP) is 26.8. The van der Waals surface area contributed by atoms with Crippen LogP contribution in [0.15, 0.2) is 133 Å². The average Bonchev–Trinajstić information content (AvgIpc) is 1.60. The highest BCUT2D eigenvalue weighted by atomic mass is 28.3. The molecule has 0 radical (unpaired) electrons. The molecule has 0 spiro atoms. The van der Waals surface area contributed by atoms with Crippen molar-refractivity contribution >= 4 is 105 Å². The second-order valence-corrected chi connectivity index (χ2v) is 81.6. The number of benzene rings is 5. The Kier molecular flexibility index (Phi) is 35.6. The van der Waals surface area contributed by atoms with Gasteiger partial charge < -0.3 is 56.9 Å². The lowest BCUT2D eigenvalue weighted by Gasteiger charge is -2.30. The summed E-state index contributed by atoms with van der Waals surface area (Å²) in [7, 11) is -7.17. The molecule has 135 heavy (non-hydrogen) atoms. The van der Waals surface area contributed by atoms with Gasteiger partial charge in [0.1, 0.15) is 70.7 Å². The zero-order chi connectivity index (χ0) is 97.6. The number of nitrogens with one attached hydrogen (secondary N) is 1. The normalized spacial score (nSPS) is 15.0. The lowest BCUT2D eigenvalue weighted by Crippen LogP contribution is -2.31. The van der Waals surface area contributed by atoms with Gasteiger partial charge in [-0.15, -0.1) is 0 Å². The van der Waals surface area contributed by atoms with E-state index in [0.717, 1.165) is 205 Å². The molecule has 0 unspecified atom stereocenters. The van der Waals surface area contributed by atoms with Crippen molar-refractivity contribution in [3.8, 4) is 34.2 Å². The molecule has 1 amide bonds. The van der Waals surface area contributed by atoms with Crippen LogP contribution in [0.2, 0.25) is 154 Å². The lowest BCUT2D eigenvalue weighted by molar-refractivity contribution is -0.144. The maximum absolute atomic E-state index is 13.3. The number of aromatic nitrogens is 9. The van der Waals surface area contributed by atoms with E-state index in [2.05, 4.69) is 260 Å². The van der Waals surface area contributed by atoms with E-state index in [-0.39, 0.29) is 47.9 Å². The van der Waals surface area contributed by atoms with Gasteiger partial charge in [-0.3, -0.25) is 9.69 Å². The van der Waals surface area contributed by atoms with Crippen LogP contribution in [0, 0.1) is 16.2 Å². The van der Waals surface area contributed by atoms with Gasteiger partial charge >= 0.3 is 12.1 Å². The van der Waals surface area contributed by atoms with Crippen molar-refractivity contribution < 1.29 is 47.5 Å². The van der Waals surface area contributed by atoms with Gasteiger partial charge in [0, 0.05) is 162 Å². The fourth-order valence-corrected chi connectivity index (χ4v) is 22.2. The van der Waals surface area contributed by atoms with Crippen LogP contribution in [-0.2, 0) is 141 Å². The van der Waals surface area contributed by atoms with Gasteiger partial charge in [0.25, 0.3) is 0 Å². The van der Waals surface area contributed by atoms with Crippen molar-refractivity contribution in [3.63, 3.8) is 0 Å². The van der Waals surface area contributed by atoms with Gasteiger partial charge in [-0.05, 0) is 189 Å². The molecule has 0 saturated heterocycles. The number of anilines is 2. The van der Waals surface area contributed by atoms with E-state index in [1.807, 2.05) is 79.7 Å². The largest absolute Gasteiger partial charge is 0.461 e. The lowest BCUT2D eigenvalue weighted by atomic mass is 9.76. The third kappa shape index (κ3) is 30.7. The minimum atomic E-state index is -1.26. The molecule has 6 heterocycles. The highest BCUT2D eigenvalue weighted by Crippen LogP contribution is 2.46. The Bertz CT molecular complexity index is 5740. The number of amides is 1. The van der Waals surface area contributed by atoms with Crippen LogP contribution in [0.4, 0.5) is 16.2 Å². The Morgan fingerprint density at radius 1 is 0.378 bits per heavy atom. The quantitative estimate of drug-likeness (QED) is 0.0216. The molecule has 6 aromatic heterocycles. The molecule has 11 aromatic rings. The maximum atomic E-state index is 13.3. The molecule has 3 aliphatic carbocycles. The SMILES string of the molecule is CC1(C)CCc2c(-c3cc4ccc(CC(=O)OCc5ccccc5)cc4n3COCC[Si](C)(C)C)nn(COCC[Si](C)(C)C)c2C1.CCN(C(=O)OCc1ccccc1)c1ccc2cc(-c3nn(COCC[Si](C)(C)C)c4c3CCC(C)(C)C4)n(COCC[Si](C)(C)C)c2c1.CCNc1ccc2cc(-c3nn(COCC[Si](C)(C)C)c4c3CCC(C)(C)C4)n(COCC[Si](C)(C)C)c2c1. The van der Waals surface area contributed by atoms with Crippen LogP contribution in [0.25, 0.3) is 66.9 Å². The molecule has 21 nitrogen and oxygen atoms in total. The average molecular weight is 1950 g/mol. The Hall–Kier alpha value is -8.05. The number of hydrogen-bond donors (Lipinski definition) is 1. The molecule has 0 atom stereocenters. The van der Waals surface area contributed by atoms with Gasteiger partial charge in [0.15, 0.2) is 0 Å². The summed E-state index contributed by atoms with van der Waals surface area (Å²) < 4.78 is 62.5. The number of carbonyl (C=O) groups excluding carboxylic acids is 2. The van der Waals surface area contributed by atoms with Crippen molar-refractivity contribution in [2.45, 2.75) is 327 Å². The van der Waals surface area contributed by atoms with E-state index in [1.165, 1.54) is 57.1 Å². The van der Waals surface area contributed by atoms with Crippen LogP contribution < -0.4 is 10.2 Å². The molecule has 14 rings (SSSR count). The highest BCUT2D eigenvalue weighted by Gasteiger charge is 2.38.